The van der Waals surface area contributed by atoms with Gasteiger partial charge >= 0.3 is 0 Å². The van der Waals surface area contributed by atoms with Gasteiger partial charge in [0.1, 0.15) is 0 Å². The van der Waals surface area contributed by atoms with Crippen LogP contribution in [0.25, 0.3) is 0 Å². The van der Waals surface area contributed by atoms with Crippen LogP contribution in [0.3, 0.4) is 0 Å². The first-order valence-electron chi connectivity index (χ1n) is 5.09. The molecule has 2 amide bonds. The topological polar surface area (TPSA) is 89.4 Å². The van der Waals surface area contributed by atoms with E-state index in [2.05, 4.69) is 0 Å². The molecular weight excluding hydrogens is 242 g/mol. The van der Waals surface area contributed by atoms with Gasteiger partial charge in [0.2, 0.25) is 5.91 Å². The maximum atomic E-state index is 12.1. The van der Waals surface area contributed by atoms with Gasteiger partial charge in [-0.05, 0) is 19.1 Å². The van der Waals surface area contributed by atoms with Crippen LogP contribution < -0.4 is 11.5 Å². The fourth-order valence-electron chi connectivity index (χ4n) is 1.44. The predicted molar refractivity (Wildman–Crippen MR) is 66.6 cm³/mol. The molecule has 0 aromatic heterocycles. The van der Waals surface area contributed by atoms with Crippen molar-refractivity contribution in [2.75, 3.05) is 18.8 Å². The van der Waals surface area contributed by atoms with E-state index in [0.717, 1.165) is 0 Å². The molecular formula is C11H14ClN3O2. The van der Waals surface area contributed by atoms with E-state index >= 15 is 0 Å². The maximum Gasteiger partial charge on any atom is 0.257 e. The number of anilines is 1. The van der Waals surface area contributed by atoms with Crippen LogP contribution in [-0.4, -0.2) is 29.8 Å². The van der Waals surface area contributed by atoms with Gasteiger partial charge in [-0.3, -0.25) is 9.59 Å². The minimum Gasteiger partial charge on any atom is -0.398 e. The standard InChI is InChI=1S/C11H14ClN3O2/c1-2-15(6-9(14)16)11(17)10-7(12)4-3-5-8(10)13/h3-5H,2,6,13H2,1H3,(H2,14,16). The van der Waals surface area contributed by atoms with Gasteiger partial charge in [-0.1, -0.05) is 17.7 Å². The molecule has 0 aliphatic carbocycles. The molecule has 4 N–H and O–H groups in total. The molecule has 0 fully saturated rings. The Bertz CT molecular complexity index is 428. The summed E-state index contributed by atoms with van der Waals surface area (Å²) in [5.74, 6) is -0.972. The number of likely N-dealkylation sites (N-methyl/N-ethyl adjacent to an activating group) is 1. The number of carbonyl (C=O) groups excluding carboxylic acids is 2. The van der Waals surface area contributed by atoms with E-state index in [0.29, 0.717) is 6.54 Å². The summed E-state index contributed by atoms with van der Waals surface area (Å²) in [5, 5.41) is 0.262. The summed E-state index contributed by atoms with van der Waals surface area (Å²) in [6, 6.07) is 4.80. The highest BCUT2D eigenvalue weighted by Gasteiger charge is 2.20. The van der Waals surface area contributed by atoms with Crippen molar-refractivity contribution in [1.82, 2.24) is 4.90 Å². The van der Waals surface area contributed by atoms with E-state index in [4.69, 9.17) is 23.1 Å². The highest BCUT2D eigenvalue weighted by atomic mass is 35.5. The molecule has 5 nitrogen and oxygen atoms in total. The third-order valence-corrected chi connectivity index (χ3v) is 2.59. The van der Waals surface area contributed by atoms with Crippen LogP contribution >= 0.6 is 11.6 Å². The lowest BCUT2D eigenvalue weighted by Gasteiger charge is -2.20. The first-order chi connectivity index (χ1) is 7.97. The van der Waals surface area contributed by atoms with Crippen molar-refractivity contribution in [2.45, 2.75) is 6.92 Å². The van der Waals surface area contributed by atoms with E-state index in [-0.39, 0.29) is 22.8 Å². The number of nitrogen functional groups attached to an aromatic ring is 1. The lowest BCUT2D eigenvalue weighted by molar-refractivity contribution is -0.118. The number of benzene rings is 1. The molecule has 1 aromatic rings. The van der Waals surface area contributed by atoms with Crippen molar-refractivity contribution < 1.29 is 9.59 Å². The molecule has 1 aromatic carbocycles. The Labute approximate surface area is 104 Å². The largest absolute Gasteiger partial charge is 0.398 e. The molecule has 0 radical (unpaired) electrons. The van der Waals surface area contributed by atoms with Crippen LogP contribution in [0.4, 0.5) is 5.69 Å². The third-order valence-electron chi connectivity index (χ3n) is 2.28. The molecule has 0 aliphatic heterocycles. The summed E-state index contributed by atoms with van der Waals surface area (Å²) in [4.78, 5) is 24.2. The second kappa shape index (κ2) is 5.54. The fraction of sp³-hybridized carbons (Fsp3) is 0.273. The minimum absolute atomic E-state index is 0.153. The number of nitrogens with zero attached hydrogens (tertiary/aromatic N) is 1. The lowest BCUT2D eigenvalue weighted by atomic mass is 10.1. The highest BCUT2D eigenvalue weighted by Crippen LogP contribution is 2.23. The van der Waals surface area contributed by atoms with Crippen molar-refractivity contribution in [1.29, 1.82) is 0 Å². The van der Waals surface area contributed by atoms with Crippen LogP contribution in [0.1, 0.15) is 17.3 Å². The van der Waals surface area contributed by atoms with Gasteiger partial charge in [-0.2, -0.15) is 0 Å². The van der Waals surface area contributed by atoms with Gasteiger partial charge in [-0.15, -0.1) is 0 Å². The molecule has 92 valence electrons. The van der Waals surface area contributed by atoms with Gasteiger partial charge in [0.15, 0.2) is 0 Å². The smallest absolute Gasteiger partial charge is 0.257 e. The highest BCUT2D eigenvalue weighted by molar-refractivity contribution is 6.34. The number of hydrogen-bond donors (Lipinski definition) is 2. The van der Waals surface area contributed by atoms with Crippen LogP contribution in [0.15, 0.2) is 18.2 Å². The number of halogens is 1. The van der Waals surface area contributed by atoms with E-state index < -0.39 is 11.8 Å². The Morgan fingerprint density at radius 2 is 2.06 bits per heavy atom. The zero-order valence-corrected chi connectivity index (χ0v) is 10.2. The van der Waals surface area contributed by atoms with Crippen LogP contribution in [0.2, 0.25) is 5.02 Å². The van der Waals surface area contributed by atoms with E-state index in [9.17, 15) is 9.59 Å². The Kier molecular flexibility index (Phi) is 4.34. The first kappa shape index (κ1) is 13.3. The summed E-state index contributed by atoms with van der Waals surface area (Å²) in [6.07, 6.45) is 0. The Hall–Kier alpha value is -1.75. The Balaban J connectivity index is 3.06. The van der Waals surface area contributed by atoms with Crippen molar-refractivity contribution in [3.8, 4) is 0 Å². The van der Waals surface area contributed by atoms with Gasteiger partial charge < -0.3 is 16.4 Å². The molecule has 0 saturated heterocycles. The SMILES string of the molecule is CCN(CC(N)=O)C(=O)c1c(N)cccc1Cl. The van der Waals surface area contributed by atoms with E-state index in [1.807, 2.05) is 0 Å². The quantitative estimate of drug-likeness (QED) is 0.783. The molecule has 0 saturated carbocycles. The second-order valence-electron chi connectivity index (χ2n) is 3.49. The molecule has 0 heterocycles. The van der Waals surface area contributed by atoms with Crippen molar-refractivity contribution in [3.63, 3.8) is 0 Å². The molecule has 0 aliphatic rings. The minimum atomic E-state index is -0.578. The van der Waals surface area contributed by atoms with Crippen LogP contribution in [0.5, 0.6) is 0 Å². The van der Waals surface area contributed by atoms with Gasteiger partial charge in [-0.25, -0.2) is 0 Å². The molecule has 0 bridgehead atoms. The number of hydrogen-bond acceptors (Lipinski definition) is 3. The number of nitrogens with two attached hydrogens (primary N) is 2. The molecule has 0 spiro atoms. The van der Waals surface area contributed by atoms with Gasteiger partial charge in [0.25, 0.3) is 5.91 Å². The summed E-state index contributed by atoms with van der Waals surface area (Å²) in [5.41, 5.74) is 11.2. The molecule has 1 rings (SSSR count). The van der Waals surface area contributed by atoms with Crippen molar-refractivity contribution >= 4 is 29.1 Å². The first-order valence-corrected chi connectivity index (χ1v) is 5.46. The zero-order chi connectivity index (χ0) is 13.0. The normalized spacial score (nSPS) is 10.0. The van der Waals surface area contributed by atoms with Crippen molar-refractivity contribution in [3.05, 3.63) is 28.8 Å². The Morgan fingerprint density at radius 1 is 1.41 bits per heavy atom. The number of rotatable bonds is 4. The van der Waals surface area contributed by atoms with Crippen molar-refractivity contribution in [2.24, 2.45) is 5.73 Å². The van der Waals surface area contributed by atoms with E-state index in [1.165, 1.54) is 4.90 Å². The predicted octanol–water partition coefficient (Wildman–Crippen LogP) is 0.870. The monoisotopic (exact) mass is 255 g/mol. The number of primary amides is 1. The molecule has 0 atom stereocenters. The molecule has 0 unspecified atom stereocenters. The maximum absolute atomic E-state index is 12.1. The van der Waals surface area contributed by atoms with Gasteiger partial charge in [0, 0.05) is 12.2 Å². The zero-order valence-electron chi connectivity index (χ0n) is 9.44. The summed E-state index contributed by atoms with van der Waals surface area (Å²) in [6.45, 7) is 1.94. The average molecular weight is 256 g/mol. The summed E-state index contributed by atoms with van der Waals surface area (Å²) >= 11 is 5.92. The molecule has 17 heavy (non-hydrogen) atoms. The summed E-state index contributed by atoms with van der Waals surface area (Å²) in [7, 11) is 0. The number of carbonyl (C=O) groups is 2. The average Bonchev–Trinajstić information content (AvgIpc) is 2.25. The molecule has 6 heteroatoms. The number of amides is 2. The fourth-order valence-corrected chi connectivity index (χ4v) is 1.70. The summed E-state index contributed by atoms with van der Waals surface area (Å²) < 4.78 is 0. The van der Waals surface area contributed by atoms with Crippen LogP contribution in [0, 0.1) is 0 Å². The van der Waals surface area contributed by atoms with Crippen LogP contribution in [-0.2, 0) is 4.79 Å². The van der Waals surface area contributed by atoms with E-state index in [1.54, 1.807) is 25.1 Å². The van der Waals surface area contributed by atoms with Gasteiger partial charge in [0.05, 0.1) is 17.1 Å². The Morgan fingerprint density at radius 3 is 2.53 bits per heavy atom. The lowest BCUT2D eigenvalue weighted by Crippen LogP contribution is -2.38. The second-order valence-corrected chi connectivity index (χ2v) is 3.90. The third kappa shape index (κ3) is 3.10.